The molecule has 210 valence electrons. The molecule has 4 aromatic carbocycles. The number of benzene rings is 4. The van der Waals surface area contributed by atoms with Gasteiger partial charge in [-0.15, -0.1) is 23.1 Å². The Balaban J connectivity index is 1.29. The zero-order chi connectivity index (χ0) is 29.3. The van der Waals surface area contributed by atoms with Gasteiger partial charge in [0.15, 0.2) is 0 Å². The molecule has 1 aromatic heterocycles. The summed E-state index contributed by atoms with van der Waals surface area (Å²) < 4.78 is 0. The number of rotatable bonds is 10. The number of fused-ring (bicyclic) bond motifs is 1. The van der Waals surface area contributed by atoms with Crippen molar-refractivity contribution in [3.8, 4) is 0 Å². The van der Waals surface area contributed by atoms with Crippen molar-refractivity contribution >= 4 is 69.0 Å². The SMILES string of the molecule is CCC(Sc1cccc(NC(=O)/C(=C/c2cccs2)NC(=O)c2ccccc2)c1)C(=O)Nc1cccc2ccccc12. The molecule has 0 fully saturated rings. The number of thioether (sulfide) groups is 1. The van der Waals surface area contributed by atoms with Crippen LogP contribution in [0.1, 0.15) is 28.6 Å². The average Bonchev–Trinajstić information content (AvgIpc) is 3.53. The third-order valence-electron chi connectivity index (χ3n) is 6.44. The summed E-state index contributed by atoms with van der Waals surface area (Å²) in [5.74, 6) is -0.908. The van der Waals surface area contributed by atoms with Gasteiger partial charge in [-0.2, -0.15) is 0 Å². The van der Waals surface area contributed by atoms with Crippen molar-refractivity contribution in [2.75, 3.05) is 10.6 Å². The number of thiophene rings is 1. The Morgan fingerprint density at radius 2 is 1.60 bits per heavy atom. The van der Waals surface area contributed by atoms with Crippen LogP contribution in [0.4, 0.5) is 11.4 Å². The van der Waals surface area contributed by atoms with Gasteiger partial charge in [0.05, 0.1) is 5.25 Å². The molecule has 0 spiro atoms. The lowest BCUT2D eigenvalue weighted by Crippen LogP contribution is -2.30. The molecule has 5 aromatic rings. The second-order valence-corrected chi connectivity index (χ2v) is 11.7. The molecular weight excluding hydrogens is 563 g/mol. The monoisotopic (exact) mass is 591 g/mol. The fraction of sp³-hybridized carbons (Fsp3) is 0.0882. The van der Waals surface area contributed by atoms with Gasteiger partial charge in [-0.1, -0.05) is 73.7 Å². The summed E-state index contributed by atoms with van der Waals surface area (Å²) in [5, 5.41) is 12.4. The molecule has 1 unspecified atom stereocenters. The van der Waals surface area contributed by atoms with Crippen LogP contribution in [-0.4, -0.2) is 23.0 Å². The Bertz CT molecular complexity index is 1730. The van der Waals surface area contributed by atoms with Gasteiger partial charge in [0.1, 0.15) is 5.70 Å². The zero-order valence-corrected chi connectivity index (χ0v) is 24.5. The van der Waals surface area contributed by atoms with Gasteiger partial charge in [-0.3, -0.25) is 14.4 Å². The highest BCUT2D eigenvalue weighted by Crippen LogP contribution is 2.30. The van der Waals surface area contributed by atoms with E-state index in [9.17, 15) is 14.4 Å². The van der Waals surface area contributed by atoms with Gasteiger partial charge in [-0.05, 0) is 65.7 Å². The van der Waals surface area contributed by atoms with E-state index in [2.05, 4.69) is 16.0 Å². The fourth-order valence-corrected chi connectivity index (χ4v) is 6.01. The van der Waals surface area contributed by atoms with Gasteiger partial charge in [0.25, 0.3) is 11.8 Å². The number of hydrogen-bond acceptors (Lipinski definition) is 5. The molecule has 0 saturated heterocycles. The third-order valence-corrected chi connectivity index (χ3v) is 8.62. The molecule has 42 heavy (non-hydrogen) atoms. The summed E-state index contributed by atoms with van der Waals surface area (Å²) in [6.07, 6.45) is 2.28. The van der Waals surface area contributed by atoms with Crippen LogP contribution in [-0.2, 0) is 9.59 Å². The van der Waals surface area contributed by atoms with E-state index >= 15 is 0 Å². The molecule has 0 aliphatic rings. The number of carbonyl (C=O) groups is 3. The van der Waals surface area contributed by atoms with E-state index in [4.69, 9.17) is 0 Å². The van der Waals surface area contributed by atoms with Crippen molar-refractivity contribution in [2.24, 2.45) is 0 Å². The van der Waals surface area contributed by atoms with Crippen LogP contribution >= 0.6 is 23.1 Å². The first-order valence-corrected chi connectivity index (χ1v) is 15.2. The minimum atomic E-state index is -0.449. The second-order valence-electron chi connectivity index (χ2n) is 9.41. The van der Waals surface area contributed by atoms with Crippen LogP contribution in [0.5, 0.6) is 0 Å². The van der Waals surface area contributed by atoms with Gasteiger partial charge in [0, 0.05) is 32.1 Å². The Labute approximate surface area is 252 Å². The van der Waals surface area contributed by atoms with E-state index in [1.165, 1.54) is 23.1 Å². The predicted molar refractivity (Wildman–Crippen MR) is 174 cm³/mol. The summed E-state index contributed by atoms with van der Waals surface area (Å²) in [6, 6.07) is 33.7. The number of nitrogens with one attached hydrogen (secondary N) is 3. The molecule has 1 atom stereocenters. The van der Waals surface area contributed by atoms with E-state index in [0.29, 0.717) is 17.7 Å². The van der Waals surface area contributed by atoms with Crippen molar-refractivity contribution in [2.45, 2.75) is 23.5 Å². The largest absolute Gasteiger partial charge is 0.325 e. The highest BCUT2D eigenvalue weighted by atomic mass is 32.2. The summed E-state index contributed by atoms with van der Waals surface area (Å²) in [5.41, 5.74) is 1.92. The number of hydrogen-bond donors (Lipinski definition) is 3. The van der Waals surface area contributed by atoms with Crippen LogP contribution in [0.15, 0.2) is 125 Å². The quantitative estimate of drug-likeness (QED) is 0.114. The van der Waals surface area contributed by atoms with Crippen molar-refractivity contribution in [3.63, 3.8) is 0 Å². The van der Waals surface area contributed by atoms with E-state index in [0.717, 1.165) is 26.2 Å². The molecule has 0 aliphatic carbocycles. The van der Waals surface area contributed by atoms with E-state index in [-0.39, 0.29) is 22.8 Å². The van der Waals surface area contributed by atoms with Crippen molar-refractivity contribution in [3.05, 3.63) is 131 Å². The molecule has 0 bridgehead atoms. The van der Waals surface area contributed by atoms with Gasteiger partial charge < -0.3 is 16.0 Å². The van der Waals surface area contributed by atoms with Gasteiger partial charge >= 0.3 is 0 Å². The number of anilines is 2. The standard InChI is InChI=1S/C34H29N3O3S2/c1-2-31(34(40)36-29-19-8-14-23-11-6-7-18-28(23)29)42-27-16-9-15-25(21-27)35-33(39)30(22-26-17-10-20-41-26)37-32(38)24-12-4-3-5-13-24/h3-22,31H,2H2,1H3,(H,35,39)(H,36,40)(H,37,38)/b30-22-. The molecule has 0 aliphatic heterocycles. The van der Waals surface area contributed by atoms with Crippen molar-refractivity contribution in [1.29, 1.82) is 0 Å². The highest BCUT2D eigenvalue weighted by Gasteiger charge is 2.20. The van der Waals surface area contributed by atoms with Crippen molar-refractivity contribution in [1.82, 2.24) is 5.32 Å². The zero-order valence-electron chi connectivity index (χ0n) is 22.9. The molecule has 3 N–H and O–H groups in total. The molecule has 0 radical (unpaired) electrons. The highest BCUT2D eigenvalue weighted by molar-refractivity contribution is 8.00. The van der Waals surface area contributed by atoms with Crippen LogP contribution in [0.25, 0.3) is 16.8 Å². The lowest BCUT2D eigenvalue weighted by molar-refractivity contribution is -0.116. The lowest BCUT2D eigenvalue weighted by Gasteiger charge is -2.17. The minimum absolute atomic E-state index is 0.0851. The van der Waals surface area contributed by atoms with E-state index in [1.54, 1.807) is 36.4 Å². The first-order valence-electron chi connectivity index (χ1n) is 13.5. The Kier molecular flexibility index (Phi) is 9.48. The Morgan fingerprint density at radius 3 is 2.38 bits per heavy atom. The Morgan fingerprint density at radius 1 is 0.833 bits per heavy atom. The third kappa shape index (κ3) is 7.34. The first kappa shape index (κ1) is 28.9. The van der Waals surface area contributed by atoms with Gasteiger partial charge in [-0.25, -0.2) is 0 Å². The summed E-state index contributed by atoms with van der Waals surface area (Å²) in [4.78, 5) is 41.1. The second kappa shape index (κ2) is 13.8. The maximum atomic E-state index is 13.4. The summed E-state index contributed by atoms with van der Waals surface area (Å²) in [6.45, 7) is 1.98. The maximum Gasteiger partial charge on any atom is 0.272 e. The molecular formula is C34H29N3O3S2. The number of carbonyl (C=O) groups excluding carboxylic acids is 3. The molecule has 8 heteroatoms. The smallest absolute Gasteiger partial charge is 0.272 e. The van der Waals surface area contributed by atoms with Crippen LogP contribution in [0.3, 0.4) is 0 Å². The van der Waals surface area contributed by atoms with Crippen molar-refractivity contribution < 1.29 is 14.4 Å². The molecule has 5 rings (SSSR count). The molecule has 6 nitrogen and oxygen atoms in total. The van der Waals surface area contributed by atoms with Gasteiger partial charge in [0.2, 0.25) is 5.91 Å². The molecule has 1 heterocycles. The maximum absolute atomic E-state index is 13.4. The minimum Gasteiger partial charge on any atom is -0.325 e. The number of amides is 3. The average molecular weight is 592 g/mol. The van der Waals surface area contributed by atoms with Crippen LogP contribution in [0.2, 0.25) is 0 Å². The predicted octanol–water partition coefficient (Wildman–Crippen LogP) is 7.82. The van der Waals surface area contributed by atoms with Crippen LogP contribution < -0.4 is 16.0 Å². The Hall–Kier alpha value is -4.66. The van der Waals surface area contributed by atoms with E-state index in [1.807, 2.05) is 91.2 Å². The summed E-state index contributed by atoms with van der Waals surface area (Å²) >= 11 is 2.90. The fourth-order valence-electron chi connectivity index (χ4n) is 4.34. The molecule has 0 saturated carbocycles. The van der Waals surface area contributed by atoms with Crippen LogP contribution in [0, 0.1) is 0 Å². The summed E-state index contributed by atoms with van der Waals surface area (Å²) in [7, 11) is 0. The topological polar surface area (TPSA) is 87.3 Å². The normalized spacial score (nSPS) is 12.0. The lowest BCUT2D eigenvalue weighted by atomic mass is 10.1. The first-order chi connectivity index (χ1) is 20.5. The molecule has 3 amide bonds. The van der Waals surface area contributed by atoms with E-state index < -0.39 is 5.91 Å².